The van der Waals surface area contributed by atoms with Gasteiger partial charge >= 0.3 is 0 Å². The first kappa shape index (κ1) is 15.2. The Balaban J connectivity index is 2.74. The lowest BCUT2D eigenvalue weighted by molar-refractivity contribution is -0.121. The molecule has 0 aliphatic heterocycles. The molecule has 0 aliphatic rings. The maximum absolute atomic E-state index is 11.7. The van der Waals surface area contributed by atoms with Crippen molar-refractivity contribution in [3.63, 3.8) is 0 Å². The Kier molecular flexibility index (Phi) is 6.07. The van der Waals surface area contributed by atoms with Gasteiger partial charge in [-0.3, -0.25) is 4.79 Å². The summed E-state index contributed by atoms with van der Waals surface area (Å²) in [6.45, 7) is 6.08. The number of aryl methyl sites for hydroxylation is 1. The minimum absolute atomic E-state index is 0.0357. The van der Waals surface area contributed by atoms with Crippen LogP contribution < -0.4 is 11.1 Å². The van der Waals surface area contributed by atoms with Crippen LogP contribution in [-0.2, 0) is 9.53 Å². The van der Waals surface area contributed by atoms with E-state index in [1.807, 2.05) is 39.0 Å². The van der Waals surface area contributed by atoms with Crippen molar-refractivity contribution in [2.75, 3.05) is 18.5 Å². The van der Waals surface area contributed by atoms with Gasteiger partial charge in [0.25, 0.3) is 0 Å². The van der Waals surface area contributed by atoms with Crippen molar-refractivity contribution < 1.29 is 9.53 Å². The average molecular weight is 260 g/mol. The molecular weight excluding hydrogens is 240 g/mol. The molecule has 0 radical (unpaired) electrons. The second-order valence-corrected chi connectivity index (χ2v) is 4.44. The number of nitrogens with one attached hydrogen (secondary N) is 1. The van der Waals surface area contributed by atoms with Gasteiger partial charge in [-0.15, -0.1) is 0 Å². The van der Waals surface area contributed by atoms with Crippen molar-refractivity contribution >= 4 is 11.6 Å². The quantitative estimate of drug-likeness (QED) is 0.809. The summed E-state index contributed by atoms with van der Waals surface area (Å²) >= 11 is 0. The fourth-order valence-electron chi connectivity index (χ4n) is 1.42. The fraction of sp³-hybridized carbons (Fsp3) is 0.400. The van der Waals surface area contributed by atoms with Gasteiger partial charge in [0, 0.05) is 11.3 Å². The Morgan fingerprint density at radius 3 is 2.84 bits per heavy atom. The molecular formula is C15H20N2O2. The molecule has 0 heterocycles. The zero-order chi connectivity index (χ0) is 14.3. The summed E-state index contributed by atoms with van der Waals surface area (Å²) in [6, 6.07) is 5.66. The molecule has 0 unspecified atom stereocenters. The number of ether oxygens (including phenoxy) is 1. The maximum Gasteiger partial charge on any atom is 0.250 e. The number of rotatable bonds is 4. The highest BCUT2D eigenvalue weighted by Gasteiger charge is 2.06. The van der Waals surface area contributed by atoms with Crippen LogP contribution in [0.25, 0.3) is 0 Å². The smallest absolute Gasteiger partial charge is 0.250 e. The second kappa shape index (κ2) is 7.57. The normalized spacial score (nSPS) is 9.95. The van der Waals surface area contributed by atoms with E-state index >= 15 is 0 Å². The molecule has 1 aromatic rings. The molecule has 3 N–H and O–H groups in total. The molecule has 1 amide bonds. The molecule has 0 aliphatic carbocycles. The first-order chi connectivity index (χ1) is 9.02. The Hall–Kier alpha value is -1.83. The predicted octanol–water partition coefficient (Wildman–Crippen LogP) is 1.67. The van der Waals surface area contributed by atoms with Crippen molar-refractivity contribution in [2.24, 2.45) is 5.73 Å². The van der Waals surface area contributed by atoms with Gasteiger partial charge in [0.05, 0.1) is 12.6 Å². The van der Waals surface area contributed by atoms with Crippen LogP contribution in [-0.4, -0.2) is 25.2 Å². The van der Waals surface area contributed by atoms with E-state index in [9.17, 15) is 4.79 Å². The van der Waals surface area contributed by atoms with Gasteiger partial charge in [-0.2, -0.15) is 0 Å². The lowest BCUT2D eigenvalue weighted by Crippen LogP contribution is -2.21. The molecule has 0 fully saturated rings. The molecule has 0 saturated heterocycles. The van der Waals surface area contributed by atoms with E-state index in [4.69, 9.17) is 10.5 Å². The lowest BCUT2D eigenvalue weighted by Gasteiger charge is -2.10. The van der Waals surface area contributed by atoms with E-state index in [1.165, 1.54) is 0 Å². The first-order valence-electron chi connectivity index (χ1n) is 6.24. The molecule has 0 aromatic heterocycles. The van der Waals surface area contributed by atoms with Crippen LogP contribution in [0.2, 0.25) is 0 Å². The summed E-state index contributed by atoms with van der Waals surface area (Å²) in [5, 5.41) is 2.82. The number of carbonyl (C=O) groups excluding carboxylic acids is 1. The van der Waals surface area contributed by atoms with E-state index in [1.54, 1.807) is 0 Å². The third-order valence-corrected chi connectivity index (χ3v) is 2.39. The standard InChI is InChI=1S/C15H20N2O2/c1-11(2)19-10-15(18)17-14-9-13(5-4-8-16)7-6-12(14)3/h6-7,9,11H,8,10,16H2,1-3H3,(H,17,18). The first-order valence-corrected chi connectivity index (χ1v) is 6.24. The number of carbonyl (C=O) groups is 1. The molecule has 0 atom stereocenters. The van der Waals surface area contributed by atoms with Gasteiger partial charge in [0.2, 0.25) is 5.91 Å². The van der Waals surface area contributed by atoms with Gasteiger partial charge in [-0.1, -0.05) is 17.9 Å². The largest absolute Gasteiger partial charge is 0.369 e. The Morgan fingerprint density at radius 2 is 2.21 bits per heavy atom. The molecule has 1 aromatic carbocycles. The zero-order valence-electron chi connectivity index (χ0n) is 11.6. The average Bonchev–Trinajstić information content (AvgIpc) is 2.37. The van der Waals surface area contributed by atoms with Crippen LogP contribution in [0.15, 0.2) is 18.2 Å². The van der Waals surface area contributed by atoms with Crippen molar-refractivity contribution in [3.8, 4) is 11.8 Å². The molecule has 0 saturated carbocycles. The number of amides is 1. The number of hydrogen-bond donors (Lipinski definition) is 2. The predicted molar refractivity (Wildman–Crippen MR) is 76.8 cm³/mol. The molecule has 0 bridgehead atoms. The van der Waals surface area contributed by atoms with Crippen LogP contribution in [0, 0.1) is 18.8 Å². The van der Waals surface area contributed by atoms with Crippen LogP contribution in [0.1, 0.15) is 25.0 Å². The Bertz CT molecular complexity index is 499. The summed E-state index contributed by atoms with van der Waals surface area (Å²) < 4.78 is 5.25. The minimum atomic E-state index is -0.166. The number of benzene rings is 1. The van der Waals surface area contributed by atoms with Gasteiger partial charge < -0.3 is 15.8 Å². The molecule has 1 rings (SSSR count). The Morgan fingerprint density at radius 1 is 1.47 bits per heavy atom. The third-order valence-electron chi connectivity index (χ3n) is 2.39. The highest BCUT2D eigenvalue weighted by atomic mass is 16.5. The zero-order valence-corrected chi connectivity index (χ0v) is 11.6. The monoisotopic (exact) mass is 260 g/mol. The molecule has 19 heavy (non-hydrogen) atoms. The molecule has 4 nitrogen and oxygen atoms in total. The summed E-state index contributed by atoms with van der Waals surface area (Å²) in [7, 11) is 0. The van der Waals surface area contributed by atoms with Gasteiger partial charge in [0.15, 0.2) is 0 Å². The summed E-state index contributed by atoms with van der Waals surface area (Å²) in [5.74, 6) is 5.56. The van der Waals surface area contributed by atoms with Gasteiger partial charge in [-0.25, -0.2) is 0 Å². The maximum atomic E-state index is 11.7. The minimum Gasteiger partial charge on any atom is -0.369 e. The van der Waals surface area contributed by atoms with E-state index in [2.05, 4.69) is 17.2 Å². The van der Waals surface area contributed by atoms with E-state index < -0.39 is 0 Å². The van der Waals surface area contributed by atoms with E-state index in [-0.39, 0.29) is 18.6 Å². The number of hydrogen-bond acceptors (Lipinski definition) is 3. The van der Waals surface area contributed by atoms with Gasteiger partial charge in [0.1, 0.15) is 6.61 Å². The van der Waals surface area contributed by atoms with Crippen molar-refractivity contribution in [3.05, 3.63) is 29.3 Å². The summed E-state index contributed by atoms with van der Waals surface area (Å²) in [5.41, 5.74) is 7.90. The van der Waals surface area contributed by atoms with E-state index in [0.29, 0.717) is 6.54 Å². The second-order valence-electron chi connectivity index (χ2n) is 4.44. The van der Waals surface area contributed by atoms with Crippen molar-refractivity contribution in [1.82, 2.24) is 0 Å². The van der Waals surface area contributed by atoms with Crippen LogP contribution in [0.4, 0.5) is 5.69 Å². The summed E-state index contributed by atoms with van der Waals surface area (Å²) in [6.07, 6.45) is 0.0357. The highest BCUT2D eigenvalue weighted by molar-refractivity contribution is 5.92. The lowest BCUT2D eigenvalue weighted by atomic mass is 10.1. The van der Waals surface area contributed by atoms with Crippen LogP contribution in [0.5, 0.6) is 0 Å². The number of nitrogens with two attached hydrogens (primary N) is 1. The fourth-order valence-corrected chi connectivity index (χ4v) is 1.42. The van der Waals surface area contributed by atoms with Gasteiger partial charge in [-0.05, 0) is 38.5 Å². The molecule has 4 heteroatoms. The van der Waals surface area contributed by atoms with Crippen LogP contribution in [0.3, 0.4) is 0 Å². The molecule has 0 spiro atoms. The molecule has 102 valence electrons. The number of anilines is 1. The third kappa shape index (κ3) is 5.56. The van der Waals surface area contributed by atoms with E-state index in [0.717, 1.165) is 16.8 Å². The topological polar surface area (TPSA) is 64.3 Å². The van der Waals surface area contributed by atoms with Crippen LogP contribution >= 0.6 is 0 Å². The Labute approximate surface area is 114 Å². The van der Waals surface area contributed by atoms with Crippen molar-refractivity contribution in [2.45, 2.75) is 26.9 Å². The highest BCUT2D eigenvalue weighted by Crippen LogP contribution is 2.16. The van der Waals surface area contributed by atoms with Crippen molar-refractivity contribution in [1.29, 1.82) is 0 Å². The summed E-state index contributed by atoms with van der Waals surface area (Å²) in [4.78, 5) is 11.7. The SMILES string of the molecule is Cc1ccc(C#CCN)cc1NC(=O)COC(C)C.